The molecule has 1 heterocycles. The summed E-state index contributed by atoms with van der Waals surface area (Å²) in [5.41, 5.74) is 0. The van der Waals surface area contributed by atoms with E-state index in [2.05, 4.69) is 15.4 Å². The van der Waals surface area contributed by atoms with Gasteiger partial charge in [0.1, 0.15) is 6.04 Å². The Morgan fingerprint density at radius 2 is 1.79 bits per heavy atom. The van der Waals surface area contributed by atoms with Crippen molar-refractivity contribution in [1.82, 2.24) is 14.9 Å². The molecule has 1 fully saturated rings. The number of carbonyl (C=O) groups excluding carboxylic acids is 2. The van der Waals surface area contributed by atoms with E-state index in [9.17, 15) is 18.0 Å². The fourth-order valence-electron chi connectivity index (χ4n) is 3.37. The van der Waals surface area contributed by atoms with Crippen molar-refractivity contribution >= 4 is 22.0 Å². The smallest absolute Gasteiger partial charge is 0.407 e. The summed E-state index contributed by atoms with van der Waals surface area (Å²) in [7, 11) is -2.21. The molecule has 0 aliphatic carbocycles. The van der Waals surface area contributed by atoms with Gasteiger partial charge >= 0.3 is 6.09 Å². The highest BCUT2D eigenvalue weighted by molar-refractivity contribution is 7.89. The highest BCUT2D eigenvalue weighted by Gasteiger charge is 2.30. The summed E-state index contributed by atoms with van der Waals surface area (Å²) in [4.78, 5) is 24.3. The lowest BCUT2D eigenvalue weighted by atomic mass is 9.97. The lowest BCUT2D eigenvalue weighted by molar-refractivity contribution is -0.123. The van der Waals surface area contributed by atoms with Gasteiger partial charge in [-0.3, -0.25) is 4.79 Å². The summed E-state index contributed by atoms with van der Waals surface area (Å²) >= 11 is 0. The number of nitrogens with zero attached hydrogens (tertiary/aromatic N) is 1. The Morgan fingerprint density at radius 1 is 1.17 bits per heavy atom. The van der Waals surface area contributed by atoms with Gasteiger partial charge in [-0.25, -0.2) is 13.2 Å². The highest BCUT2D eigenvalue weighted by atomic mass is 32.2. The van der Waals surface area contributed by atoms with E-state index in [0.29, 0.717) is 43.8 Å². The predicted molar refractivity (Wildman–Crippen MR) is 110 cm³/mol. The van der Waals surface area contributed by atoms with Gasteiger partial charge in [0.2, 0.25) is 15.9 Å². The van der Waals surface area contributed by atoms with Crippen molar-refractivity contribution in [3.8, 4) is 0 Å². The van der Waals surface area contributed by atoms with E-state index in [-0.39, 0.29) is 17.7 Å². The number of rotatable bonds is 8. The van der Waals surface area contributed by atoms with E-state index in [1.54, 1.807) is 30.3 Å². The molecule has 0 aromatic heterocycles. The van der Waals surface area contributed by atoms with Crippen LogP contribution in [0.5, 0.6) is 0 Å². The zero-order valence-corrected chi connectivity index (χ0v) is 18.1. The van der Waals surface area contributed by atoms with Crippen LogP contribution in [-0.4, -0.2) is 57.5 Å². The van der Waals surface area contributed by atoms with E-state index in [0.717, 1.165) is 0 Å². The third-order valence-corrected chi connectivity index (χ3v) is 6.93. The van der Waals surface area contributed by atoms with Gasteiger partial charge < -0.3 is 15.4 Å². The third-order valence-electron chi connectivity index (χ3n) is 5.02. The third kappa shape index (κ3) is 6.71. The monoisotopic (exact) mass is 425 g/mol. The second kappa shape index (κ2) is 10.6. The van der Waals surface area contributed by atoms with Crippen LogP contribution in [0, 0.1) is 11.8 Å². The average Bonchev–Trinajstić information content (AvgIpc) is 2.72. The van der Waals surface area contributed by atoms with Crippen LogP contribution in [0.4, 0.5) is 4.79 Å². The standard InChI is InChI=1S/C20H31N3O5S/c1-15(2)13-18(22-20(25)28-3)19(24)21-14-16-9-11-23(12-10-16)29(26,27)17-7-5-4-6-8-17/h4-8,15-16,18H,9-14H2,1-3H3,(H,21,24)(H,22,25). The Bertz CT molecular complexity index is 775. The lowest BCUT2D eigenvalue weighted by Gasteiger charge is -2.31. The van der Waals surface area contributed by atoms with Gasteiger partial charge in [-0.15, -0.1) is 0 Å². The Labute approximate surface area is 173 Å². The van der Waals surface area contributed by atoms with Gasteiger partial charge in [0.15, 0.2) is 0 Å². The SMILES string of the molecule is COC(=O)NC(CC(C)C)C(=O)NCC1CCN(S(=O)(=O)c2ccccc2)CC1. The van der Waals surface area contributed by atoms with Crippen molar-refractivity contribution in [3.05, 3.63) is 30.3 Å². The Hall–Kier alpha value is -2.13. The molecule has 2 amide bonds. The first-order valence-electron chi connectivity index (χ1n) is 9.91. The fraction of sp³-hybridized carbons (Fsp3) is 0.600. The maximum atomic E-state index is 12.7. The van der Waals surface area contributed by atoms with Crippen LogP contribution in [0.15, 0.2) is 35.2 Å². The van der Waals surface area contributed by atoms with E-state index in [1.165, 1.54) is 11.4 Å². The highest BCUT2D eigenvalue weighted by Crippen LogP contribution is 2.23. The number of nitrogens with one attached hydrogen (secondary N) is 2. The number of carbonyl (C=O) groups is 2. The Balaban J connectivity index is 1.85. The van der Waals surface area contributed by atoms with E-state index in [1.807, 2.05) is 13.8 Å². The van der Waals surface area contributed by atoms with Crippen LogP contribution in [0.3, 0.4) is 0 Å². The van der Waals surface area contributed by atoms with E-state index >= 15 is 0 Å². The predicted octanol–water partition coefficient (Wildman–Crippen LogP) is 1.97. The van der Waals surface area contributed by atoms with Gasteiger partial charge in [-0.2, -0.15) is 4.31 Å². The Morgan fingerprint density at radius 3 is 2.34 bits per heavy atom. The molecule has 29 heavy (non-hydrogen) atoms. The van der Waals surface area contributed by atoms with Crippen molar-refractivity contribution < 1.29 is 22.7 Å². The topological polar surface area (TPSA) is 105 Å². The minimum atomic E-state index is -3.48. The molecule has 1 saturated heterocycles. The maximum absolute atomic E-state index is 12.7. The number of sulfonamides is 1. The molecule has 0 radical (unpaired) electrons. The zero-order chi connectivity index (χ0) is 21.4. The molecular formula is C20H31N3O5S. The number of ether oxygens (including phenoxy) is 1. The van der Waals surface area contributed by atoms with Crippen LogP contribution in [0.25, 0.3) is 0 Å². The number of piperidine rings is 1. The van der Waals surface area contributed by atoms with Crippen molar-refractivity contribution in [2.24, 2.45) is 11.8 Å². The summed E-state index contributed by atoms with van der Waals surface area (Å²) in [6.07, 6.45) is 1.22. The van der Waals surface area contributed by atoms with Crippen molar-refractivity contribution in [1.29, 1.82) is 0 Å². The molecule has 1 aromatic rings. The maximum Gasteiger partial charge on any atom is 0.407 e. The molecule has 162 valence electrons. The minimum absolute atomic E-state index is 0.194. The molecule has 0 bridgehead atoms. The van der Waals surface area contributed by atoms with E-state index in [4.69, 9.17) is 0 Å². The van der Waals surface area contributed by atoms with Crippen molar-refractivity contribution in [3.63, 3.8) is 0 Å². The van der Waals surface area contributed by atoms with Crippen molar-refractivity contribution in [2.45, 2.75) is 44.0 Å². The van der Waals surface area contributed by atoms with Crippen LogP contribution in [0.2, 0.25) is 0 Å². The second-order valence-corrected chi connectivity index (χ2v) is 9.66. The summed E-state index contributed by atoms with van der Waals surface area (Å²) in [6.45, 7) is 5.25. The molecular weight excluding hydrogens is 394 g/mol. The normalized spacial score (nSPS) is 17.0. The molecule has 1 aliphatic rings. The van der Waals surface area contributed by atoms with Gasteiger partial charge in [-0.1, -0.05) is 32.0 Å². The van der Waals surface area contributed by atoms with Gasteiger partial charge in [0, 0.05) is 19.6 Å². The minimum Gasteiger partial charge on any atom is -0.453 e. The van der Waals surface area contributed by atoms with Gasteiger partial charge in [0.05, 0.1) is 12.0 Å². The number of hydrogen-bond donors (Lipinski definition) is 2. The molecule has 2 rings (SSSR count). The first kappa shape index (κ1) is 23.2. The fourth-order valence-corrected chi connectivity index (χ4v) is 4.86. The molecule has 1 unspecified atom stereocenters. The van der Waals surface area contributed by atoms with Crippen LogP contribution in [0.1, 0.15) is 33.1 Å². The second-order valence-electron chi connectivity index (χ2n) is 7.72. The number of alkyl carbamates (subject to hydrolysis) is 1. The molecule has 1 aliphatic heterocycles. The summed E-state index contributed by atoms with van der Waals surface area (Å²) in [6, 6.07) is 7.77. The molecule has 1 atom stereocenters. The molecule has 8 nitrogen and oxygen atoms in total. The average molecular weight is 426 g/mol. The first-order valence-corrected chi connectivity index (χ1v) is 11.4. The van der Waals surface area contributed by atoms with Gasteiger partial charge in [-0.05, 0) is 43.2 Å². The summed E-state index contributed by atoms with van der Waals surface area (Å²) < 4.78 is 31.5. The number of amides is 2. The number of hydrogen-bond acceptors (Lipinski definition) is 5. The van der Waals surface area contributed by atoms with Gasteiger partial charge in [0.25, 0.3) is 0 Å². The molecule has 0 spiro atoms. The van der Waals surface area contributed by atoms with Crippen LogP contribution in [-0.2, 0) is 19.6 Å². The molecule has 2 N–H and O–H groups in total. The summed E-state index contributed by atoms with van der Waals surface area (Å²) in [5, 5.41) is 5.47. The van der Waals surface area contributed by atoms with Crippen molar-refractivity contribution in [2.75, 3.05) is 26.7 Å². The summed E-state index contributed by atoms with van der Waals surface area (Å²) in [5.74, 6) is 0.178. The van der Waals surface area contributed by atoms with Crippen LogP contribution < -0.4 is 10.6 Å². The first-order chi connectivity index (χ1) is 13.7. The molecule has 1 aromatic carbocycles. The quantitative estimate of drug-likeness (QED) is 0.663. The molecule has 9 heteroatoms. The molecule has 0 saturated carbocycles. The lowest BCUT2D eigenvalue weighted by Crippen LogP contribution is -2.49. The Kier molecular flexibility index (Phi) is 8.45. The zero-order valence-electron chi connectivity index (χ0n) is 17.3. The number of benzene rings is 1. The van der Waals surface area contributed by atoms with Crippen LogP contribution >= 0.6 is 0 Å². The number of methoxy groups -OCH3 is 1. The largest absolute Gasteiger partial charge is 0.453 e. The van der Waals surface area contributed by atoms with E-state index < -0.39 is 22.2 Å².